The maximum absolute atomic E-state index is 5.74. The predicted octanol–water partition coefficient (Wildman–Crippen LogP) is 3.34. The van der Waals surface area contributed by atoms with E-state index in [1.807, 2.05) is 37.3 Å². The number of rotatable bonds is 9. The van der Waals surface area contributed by atoms with Gasteiger partial charge in [0.2, 0.25) is 5.88 Å². The normalized spacial score (nSPS) is 10.3. The van der Waals surface area contributed by atoms with E-state index in [9.17, 15) is 0 Å². The Balaban J connectivity index is 1.93. The van der Waals surface area contributed by atoms with Crippen molar-refractivity contribution < 1.29 is 14.2 Å². The Bertz CT molecular complexity index is 669. The van der Waals surface area contributed by atoms with E-state index in [2.05, 4.69) is 16.9 Å². The lowest BCUT2D eigenvalue weighted by Gasteiger charge is -2.13. The van der Waals surface area contributed by atoms with Gasteiger partial charge < -0.3 is 19.5 Å². The molecule has 0 bridgehead atoms. The summed E-state index contributed by atoms with van der Waals surface area (Å²) in [7, 11) is 3.25. The highest BCUT2D eigenvalue weighted by molar-refractivity contribution is 5.43. The Morgan fingerprint density at radius 2 is 1.79 bits per heavy atom. The first kappa shape index (κ1) is 17.8. The van der Waals surface area contributed by atoms with E-state index in [1.54, 1.807) is 20.4 Å². The molecule has 0 spiro atoms. The maximum Gasteiger partial charge on any atom is 0.212 e. The molecule has 0 atom stereocenters. The van der Waals surface area contributed by atoms with Crippen LogP contribution in [0.25, 0.3) is 0 Å². The molecule has 1 aromatic heterocycles. The summed E-state index contributed by atoms with van der Waals surface area (Å²) in [5.74, 6) is 2.07. The van der Waals surface area contributed by atoms with Crippen LogP contribution in [-0.2, 0) is 13.1 Å². The Morgan fingerprint density at radius 3 is 2.42 bits per heavy atom. The molecule has 1 N–H and O–H groups in total. The minimum absolute atomic E-state index is 0.477. The fraction of sp³-hybridized carbons (Fsp3) is 0.316. The first-order valence-electron chi connectivity index (χ1n) is 7.76. The number of methoxy groups -OCH3 is 2. The zero-order valence-electron chi connectivity index (χ0n) is 14.5. The molecule has 1 aromatic carbocycles. The van der Waals surface area contributed by atoms with Crippen LogP contribution in [0.5, 0.6) is 17.4 Å². The smallest absolute Gasteiger partial charge is 0.212 e. The van der Waals surface area contributed by atoms with E-state index in [0.717, 1.165) is 41.3 Å². The second kappa shape index (κ2) is 8.93. The number of aromatic nitrogens is 1. The van der Waals surface area contributed by atoms with Crippen molar-refractivity contribution in [3.05, 3.63) is 59.8 Å². The fourth-order valence-corrected chi connectivity index (χ4v) is 2.13. The van der Waals surface area contributed by atoms with Crippen molar-refractivity contribution in [2.75, 3.05) is 20.8 Å². The molecule has 2 aromatic rings. The van der Waals surface area contributed by atoms with Crippen molar-refractivity contribution in [1.82, 2.24) is 10.3 Å². The van der Waals surface area contributed by atoms with Gasteiger partial charge in [0, 0.05) is 25.4 Å². The molecule has 0 unspecified atom stereocenters. The molecular weight excluding hydrogens is 304 g/mol. The Kier molecular flexibility index (Phi) is 6.63. The van der Waals surface area contributed by atoms with E-state index in [-0.39, 0.29) is 0 Å². The van der Waals surface area contributed by atoms with Crippen LogP contribution in [0.1, 0.15) is 18.1 Å². The van der Waals surface area contributed by atoms with Crippen LogP contribution >= 0.6 is 0 Å². The second-order valence-electron chi connectivity index (χ2n) is 5.54. The highest BCUT2D eigenvalue weighted by Gasteiger charge is 2.06. The van der Waals surface area contributed by atoms with Gasteiger partial charge in [-0.1, -0.05) is 18.7 Å². The van der Waals surface area contributed by atoms with Gasteiger partial charge in [-0.3, -0.25) is 0 Å². The second-order valence-corrected chi connectivity index (χ2v) is 5.54. The van der Waals surface area contributed by atoms with Gasteiger partial charge in [-0.25, -0.2) is 4.98 Å². The first-order valence-corrected chi connectivity index (χ1v) is 7.76. The topological polar surface area (TPSA) is 52.6 Å². The van der Waals surface area contributed by atoms with Crippen molar-refractivity contribution in [2.45, 2.75) is 20.0 Å². The van der Waals surface area contributed by atoms with Gasteiger partial charge in [-0.2, -0.15) is 0 Å². The van der Waals surface area contributed by atoms with Crippen molar-refractivity contribution >= 4 is 0 Å². The monoisotopic (exact) mass is 328 g/mol. The summed E-state index contributed by atoms with van der Waals surface area (Å²) in [4.78, 5) is 4.19. The third-order valence-corrected chi connectivity index (χ3v) is 3.37. The summed E-state index contributed by atoms with van der Waals surface area (Å²) >= 11 is 0. The molecular formula is C19H24N2O3. The molecule has 1 heterocycles. The quantitative estimate of drug-likeness (QED) is 0.716. The van der Waals surface area contributed by atoms with Gasteiger partial charge in [0.25, 0.3) is 0 Å². The summed E-state index contributed by atoms with van der Waals surface area (Å²) in [5, 5.41) is 3.39. The standard InChI is InChI=1S/C19H24N2O3/c1-14(2)13-24-18-9-15(5-7-17(18)22-3)10-20-11-16-6-8-19(23-4)21-12-16/h5-9,12,20H,1,10-11,13H2,2-4H3. The Morgan fingerprint density at radius 1 is 1.04 bits per heavy atom. The minimum Gasteiger partial charge on any atom is -0.493 e. The zero-order valence-corrected chi connectivity index (χ0v) is 14.5. The average Bonchev–Trinajstić information content (AvgIpc) is 2.60. The molecule has 0 saturated carbocycles. The summed E-state index contributed by atoms with van der Waals surface area (Å²) < 4.78 is 16.1. The summed E-state index contributed by atoms with van der Waals surface area (Å²) in [6, 6.07) is 9.77. The Labute approximate surface area is 143 Å². The highest BCUT2D eigenvalue weighted by Crippen LogP contribution is 2.28. The molecule has 0 amide bonds. The molecule has 5 nitrogen and oxygen atoms in total. The molecule has 24 heavy (non-hydrogen) atoms. The lowest BCUT2D eigenvalue weighted by atomic mass is 10.2. The third-order valence-electron chi connectivity index (χ3n) is 3.37. The number of nitrogens with one attached hydrogen (secondary N) is 1. The van der Waals surface area contributed by atoms with Crippen LogP contribution in [0.4, 0.5) is 0 Å². The molecule has 128 valence electrons. The fourth-order valence-electron chi connectivity index (χ4n) is 2.13. The molecule has 0 fully saturated rings. The molecule has 0 aliphatic carbocycles. The summed E-state index contributed by atoms with van der Waals surface area (Å²) in [6.45, 7) is 7.71. The highest BCUT2D eigenvalue weighted by atomic mass is 16.5. The average molecular weight is 328 g/mol. The van der Waals surface area contributed by atoms with Crippen molar-refractivity contribution in [1.29, 1.82) is 0 Å². The van der Waals surface area contributed by atoms with E-state index in [1.165, 1.54) is 0 Å². The van der Waals surface area contributed by atoms with E-state index in [4.69, 9.17) is 14.2 Å². The molecule has 2 rings (SSSR count). The zero-order chi connectivity index (χ0) is 17.4. The molecule has 0 aliphatic rings. The van der Waals surface area contributed by atoms with E-state index < -0.39 is 0 Å². The number of hydrogen-bond acceptors (Lipinski definition) is 5. The van der Waals surface area contributed by atoms with Gasteiger partial charge >= 0.3 is 0 Å². The molecule has 5 heteroatoms. The predicted molar refractivity (Wildman–Crippen MR) is 94.6 cm³/mol. The number of benzene rings is 1. The number of nitrogens with zero attached hydrogens (tertiary/aromatic N) is 1. The lowest BCUT2D eigenvalue weighted by molar-refractivity contribution is 0.319. The van der Waals surface area contributed by atoms with Gasteiger partial charge in [0.05, 0.1) is 14.2 Å². The molecule has 0 aliphatic heterocycles. The van der Waals surface area contributed by atoms with Crippen LogP contribution in [0.3, 0.4) is 0 Å². The largest absolute Gasteiger partial charge is 0.493 e. The van der Waals surface area contributed by atoms with Crippen molar-refractivity contribution in [3.8, 4) is 17.4 Å². The van der Waals surface area contributed by atoms with E-state index in [0.29, 0.717) is 12.5 Å². The van der Waals surface area contributed by atoms with Crippen LogP contribution in [-0.4, -0.2) is 25.8 Å². The number of ether oxygens (including phenoxy) is 3. The Hall–Kier alpha value is -2.53. The van der Waals surface area contributed by atoms with Gasteiger partial charge in [0.15, 0.2) is 11.5 Å². The van der Waals surface area contributed by atoms with Gasteiger partial charge in [-0.15, -0.1) is 0 Å². The van der Waals surface area contributed by atoms with Gasteiger partial charge in [-0.05, 0) is 35.8 Å². The minimum atomic E-state index is 0.477. The lowest BCUT2D eigenvalue weighted by Crippen LogP contribution is -2.13. The SMILES string of the molecule is C=C(C)COc1cc(CNCc2ccc(OC)nc2)ccc1OC. The van der Waals surface area contributed by atoms with E-state index >= 15 is 0 Å². The van der Waals surface area contributed by atoms with Crippen LogP contribution in [0, 0.1) is 0 Å². The molecule has 0 radical (unpaired) electrons. The maximum atomic E-state index is 5.74. The van der Waals surface area contributed by atoms with Crippen LogP contribution < -0.4 is 19.5 Å². The summed E-state index contributed by atoms with van der Waals surface area (Å²) in [5.41, 5.74) is 3.18. The number of hydrogen-bond donors (Lipinski definition) is 1. The number of pyridine rings is 1. The third kappa shape index (κ3) is 5.28. The van der Waals surface area contributed by atoms with Crippen LogP contribution in [0.2, 0.25) is 0 Å². The van der Waals surface area contributed by atoms with Gasteiger partial charge in [0.1, 0.15) is 6.61 Å². The molecule has 0 saturated heterocycles. The van der Waals surface area contributed by atoms with Crippen molar-refractivity contribution in [2.24, 2.45) is 0 Å². The van der Waals surface area contributed by atoms with Crippen molar-refractivity contribution in [3.63, 3.8) is 0 Å². The van der Waals surface area contributed by atoms with Crippen LogP contribution in [0.15, 0.2) is 48.7 Å². The summed E-state index contributed by atoms with van der Waals surface area (Å²) in [6.07, 6.45) is 1.81. The first-order chi connectivity index (χ1) is 11.6.